The van der Waals surface area contributed by atoms with E-state index in [-0.39, 0.29) is 0 Å². The summed E-state index contributed by atoms with van der Waals surface area (Å²) >= 11 is 1.28. The Morgan fingerprint density at radius 1 is 1.05 bits per heavy atom. The molecule has 4 nitrogen and oxygen atoms in total. The molecule has 19 heavy (non-hydrogen) atoms. The Morgan fingerprint density at radius 2 is 1.89 bits per heavy atom. The number of hydrogen-bond donors (Lipinski definition) is 0. The highest BCUT2D eigenvalue weighted by molar-refractivity contribution is 7.08. The van der Waals surface area contributed by atoms with Crippen LogP contribution in [0.3, 0.4) is 0 Å². The van der Waals surface area contributed by atoms with Gasteiger partial charge in [0.15, 0.2) is 0 Å². The van der Waals surface area contributed by atoms with E-state index in [0.717, 1.165) is 27.0 Å². The number of methoxy groups -OCH3 is 2. The summed E-state index contributed by atoms with van der Waals surface area (Å²) in [6.45, 7) is 0. The van der Waals surface area contributed by atoms with E-state index in [1.165, 1.54) is 11.5 Å². The van der Waals surface area contributed by atoms with Crippen LogP contribution in [0.5, 0.6) is 10.9 Å². The predicted molar refractivity (Wildman–Crippen MR) is 76.0 cm³/mol. The van der Waals surface area contributed by atoms with Gasteiger partial charge in [-0.25, -0.2) is 0 Å². The molecule has 1 aromatic carbocycles. The van der Waals surface area contributed by atoms with Crippen LogP contribution >= 0.6 is 11.5 Å². The summed E-state index contributed by atoms with van der Waals surface area (Å²) < 4.78 is 15.0. The molecule has 2 aromatic heterocycles. The van der Waals surface area contributed by atoms with Crippen LogP contribution in [0.1, 0.15) is 0 Å². The Bertz CT molecular complexity index is 698. The Labute approximate surface area is 114 Å². The number of rotatable bonds is 3. The normalized spacial score (nSPS) is 10.6. The van der Waals surface area contributed by atoms with Crippen molar-refractivity contribution in [3.8, 4) is 22.1 Å². The van der Waals surface area contributed by atoms with Crippen molar-refractivity contribution in [2.45, 2.75) is 0 Å². The topological polar surface area (TPSA) is 44.2 Å². The molecule has 0 radical (unpaired) electrons. The SMILES string of the molecule is COc1nsc(OC)c1-c1cncc2ccccc12. The first kappa shape index (κ1) is 11.9. The van der Waals surface area contributed by atoms with E-state index in [0.29, 0.717) is 5.88 Å². The summed E-state index contributed by atoms with van der Waals surface area (Å²) in [5.74, 6) is 0.569. The zero-order valence-electron chi connectivity index (χ0n) is 10.6. The minimum Gasteiger partial charge on any atom is -0.486 e. The number of nitrogens with zero attached hydrogens (tertiary/aromatic N) is 2. The van der Waals surface area contributed by atoms with Crippen molar-refractivity contribution in [3.63, 3.8) is 0 Å². The van der Waals surface area contributed by atoms with E-state index >= 15 is 0 Å². The Morgan fingerprint density at radius 3 is 2.68 bits per heavy atom. The summed E-state index contributed by atoms with van der Waals surface area (Å²) in [4.78, 5) is 4.29. The van der Waals surface area contributed by atoms with Gasteiger partial charge in [-0.2, -0.15) is 4.37 Å². The molecule has 5 heteroatoms. The highest BCUT2D eigenvalue weighted by Gasteiger charge is 2.19. The van der Waals surface area contributed by atoms with Gasteiger partial charge in [-0.3, -0.25) is 4.98 Å². The summed E-state index contributed by atoms with van der Waals surface area (Å²) in [5.41, 5.74) is 1.83. The molecule has 3 aromatic rings. The van der Waals surface area contributed by atoms with E-state index in [9.17, 15) is 0 Å². The number of aromatic nitrogens is 2. The van der Waals surface area contributed by atoms with Gasteiger partial charge in [0.2, 0.25) is 10.9 Å². The monoisotopic (exact) mass is 272 g/mol. The first-order valence-corrected chi connectivity index (χ1v) is 6.53. The Hall–Kier alpha value is -2.14. The molecule has 0 N–H and O–H groups in total. The second kappa shape index (κ2) is 4.85. The first-order chi connectivity index (χ1) is 9.35. The van der Waals surface area contributed by atoms with Crippen LogP contribution in [0.15, 0.2) is 36.7 Å². The fourth-order valence-corrected chi connectivity index (χ4v) is 2.78. The summed E-state index contributed by atoms with van der Waals surface area (Å²) in [6, 6.07) is 8.09. The molecule has 3 rings (SSSR count). The van der Waals surface area contributed by atoms with E-state index < -0.39 is 0 Å². The first-order valence-electron chi connectivity index (χ1n) is 5.76. The third-order valence-corrected chi connectivity index (χ3v) is 3.74. The molecule has 0 spiro atoms. The molecule has 0 bridgehead atoms. The van der Waals surface area contributed by atoms with Crippen molar-refractivity contribution < 1.29 is 9.47 Å². The number of pyridine rings is 1. The quantitative estimate of drug-likeness (QED) is 0.733. The maximum Gasteiger partial charge on any atom is 0.236 e. The van der Waals surface area contributed by atoms with Crippen molar-refractivity contribution in [2.75, 3.05) is 14.2 Å². The number of fused-ring (bicyclic) bond motifs is 1. The molecular formula is C14H12N2O2S. The molecule has 0 amide bonds. The molecule has 0 atom stereocenters. The van der Waals surface area contributed by atoms with Crippen LogP contribution in [-0.2, 0) is 0 Å². The van der Waals surface area contributed by atoms with Crippen LogP contribution in [0, 0.1) is 0 Å². The van der Waals surface area contributed by atoms with Gasteiger partial charge in [-0.1, -0.05) is 24.3 Å². The molecule has 0 fully saturated rings. The molecule has 0 aliphatic rings. The van der Waals surface area contributed by atoms with E-state index in [4.69, 9.17) is 9.47 Å². The zero-order chi connectivity index (χ0) is 13.2. The van der Waals surface area contributed by atoms with Gasteiger partial charge in [0.05, 0.1) is 14.2 Å². The molecule has 96 valence electrons. The summed E-state index contributed by atoms with van der Waals surface area (Å²) in [5, 5.41) is 2.92. The second-order valence-electron chi connectivity index (χ2n) is 3.97. The number of ether oxygens (including phenoxy) is 2. The van der Waals surface area contributed by atoms with Gasteiger partial charge in [0, 0.05) is 34.9 Å². The lowest BCUT2D eigenvalue weighted by molar-refractivity contribution is 0.398. The van der Waals surface area contributed by atoms with Gasteiger partial charge >= 0.3 is 0 Å². The fourth-order valence-electron chi connectivity index (χ4n) is 2.08. The van der Waals surface area contributed by atoms with Crippen molar-refractivity contribution in [1.29, 1.82) is 0 Å². The molecule has 2 heterocycles. The van der Waals surface area contributed by atoms with E-state index in [2.05, 4.69) is 15.4 Å². The van der Waals surface area contributed by atoms with E-state index in [1.54, 1.807) is 14.2 Å². The van der Waals surface area contributed by atoms with E-state index in [1.807, 2.05) is 30.6 Å². The van der Waals surface area contributed by atoms with Crippen molar-refractivity contribution in [1.82, 2.24) is 9.36 Å². The fraction of sp³-hybridized carbons (Fsp3) is 0.143. The van der Waals surface area contributed by atoms with Crippen molar-refractivity contribution >= 4 is 22.3 Å². The largest absolute Gasteiger partial charge is 0.486 e. The molecule has 0 aliphatic heterocycles. The van der Waals surface area contributed by atoms with Crippen molar-refractivity contribution in [3.05, 3.63) is 36.7 Å². The number of hydrogen-bond acceptors (Lipinski definition) is 5. The molecule has 0 saturated carbocycles. The summed E-state index contributed by atoms with van der Waals surface area (Å²) in [6.07, 6.45) is 3.66. The Balaban J connectivity index is 2.33. The minimum absolute atomic E-state index is 0.569. The maximum atomic E-state index is 5.38. The van der Waals surface area contributed by atoms with Gasteiger partial charge in [-0.15, -0.1) is 0 Å². The third kappa shape index (κ3) is 1.92. The van der Waals surface area contributed by atoms with Crippen LogP contribution in [0.2, 0.25) is 0 Å². The van der Waals surface area contributed by atoms with Gasteiger partial charge < -0.3 is 9.47 Å². The van der Waals surface area contributed by atoms with Crippen LogP contribution in [0.25, 0.3) is 21.9 Å². The smallest absolute Gasteiger partial charge is 0.236 e. The van der Waals surface area contributed by atoms with Gasteiger partial charge in [0.1, 0.15) is 5.56 Å². The van der Waals surface area contributed by atoms with Crippen LogP contribution in [-0.4, -0.2) is 23.6 Å². The lowest BCUT2D eigenvalue weighted by atomic mass is 10.0. The molecule has 0 unspecified atom stereocenters. The van der Waals surface area contributed by atoms with Crippen molar-refractivity contribution in [2.24, 2.45) is 0 Å². The highest BCUT2D eigenvalue weighted by Crippen LogP contribution is 2.43. The average Bonchev–Trinajstić information content (AvgIpc) is 2.89. The van der Waals surface area contributed by atoms with Crippen LogP contribution < -0.4 is 9.47 Å². The van der Waals surface area contributed by atoms with Gasteiger partial charge in [0.25, 0.3) is 0 Å². The third-order valence-electron chi connectivity index (χ3n) is 2.95. The highest BCUT2D eigenvalue weighted by atomic mass is 32.1. The standard InChI is InChI=1S/C14H12N2O2S/c1-17-13-12(14(18-2)19-16-13)11-8-15-7-9-5-3-4-6-10(9)11/h3-8H,1-2H3. The second-order valence-corrected chi connectivity index (χ2v) is 4.70. The predicted octanol–water partition coefficient (Wildman–Crippen LogP) is 3.38. The minimum atomic E-state index is 0.569. The number of benzene rings is 1. The summed E-state index contributed by atoms with van der Waals surface area (Å²) in [7, 11) is 3.24. The lowest BCUT2D eigenvalue weighted by Gasteiger charge is -2.07. The molecule has 0 saturated heterocycles. The zero-order valence-corrected chi connectivity index (χ0v) is 11.4. The maximum absolute atomic E-state index is 5.38. The Kier molecular flexibility index (Phi) is 3.05. The lowest BCUT2D eigenvalue weighted by Crippen LogP contribution is -1.90. The van der Waals surface area contributed by atoms with Crippen LogP contribution in [0.4, 0.5) is 0 Å². The average molecular weight is 272 g/mol. The molecular weight excluding hydrogens is 260 g/mol. The molecule has 0 aliphatic carbocycles. The van der Waals surface area contributed by atoms with Gasteiger partial charge in [-0.05, 0) is 5.39 Å².